The number of carbonyl (C=O) groups is 6. The third-order valence-corrected chi connectivity index (χ3v) is 11.5. The highest BCUT2D eigenvalue weighted by atomic mass is 35.5. The number of amides is 4. The minimum Gasteiger partial charge on any atom is -0.492 e. The van der Waals surface area contributed by atoms with Gasteiger partial charge < -0.3 is 30.7 Å². The van der Waals surface area contributed by atoms with Crippen molar-refractivity contribution in [2.24, 2.45) is 20.5 Å². The number of hydrogen-bond donors (Lipinski definition) is 4. The van der Waals surface area contributed by atoms with Crippen LogP contribution < -0.4 is 30.7 Å². The Hall–Kier alpha value is -6.43. The maximum atomic E-state index is 13.6. The average Bonchev–Trinajstić information content (AvgIpc) is 3.32. The number of nitrogens with one attached hydrogen (secondary N) is 4. The zero-order valence-electron chi connectivity index (χ0n) is 39.1. The van der Waals surface area contributed by atoms with Gasteiger partial charge in [0.25, 0.3) is 23.6 Å². The van der Waals surface area contributed by atoms with Crippen LogP contribution in [0.1, 0.15) is 77.4 Å². The van der Waals surface area contributed by atoms with E-state index in [9.17, 15) is 28.8 Å². The predicted octanol–water partition coefficient (Wildman–Crippen LogP) is 12.5. The number of Topliss-reactive ketones (excluding diaryl/α,β-unsaturated/α-hetero) is 2. The molecule has 0 aliphatic heterocycles. The van der Waals surface area contributed by atoms with Gasteiger partial charge in [0.15, 0.2) is 11.6 Å². The lowest BCUT2D eigenvalue weighted by Gasteiger charge is -2.17. The number of benzene rings is 5. The Balaban J connectivity index is 1.28. The van der Waals surface area contributed by atoms with Crippen molar-refractivity contribution >= 4 is 127 Å². The molecule has 0 fully saturated rings. The van der Waals surface area contributed by atoms with Gasteiger partial charge in [-0.25, -0.2) is 0 Å². The van der Waals surface area contributed by atoms with Gasteiger partial charge in [0.05, 0.1) is 62.5 Å². The smallest absolute Gasteiger partial charge is 0.258 e. The molecule has 0 heterocycles. The molecule has 0 saturated heterocycles. The van der Waals surface area contributed by atoms with E-state index >= 15 is 0 Å². The molecular formula is C50H49Cl5N8O8. The molecule has 5 rings (SSSR count). The molecule has 0 bridgehead atoms. The van der Waals surface area contributed by atoms with Gasteiger partial charge >= 0.3 is 0 Å². The molecule has 4 amide bonds. The molecule has 4 N–H and O–H groups in total. The quantitative estimate of drug-likeness (QED) is 0.0279. The molecule has 3 atom stereocenters. The Bertz CT molecular complexity index is 2860. The third-order valence-electron chi connectivity index (χ3n) is 10.2. The van der Waals surface area contributed by atoms with Crippen LogP contribution in [0.3, 0.4) is 0 Å². The van der Waals surface area contributed by atoms with Crippen LogP contribution in [0.5, 0.6) is 11.5 Å². The summed E-state index contributed by atoms with van der Waals surface area (Å²) in [6.07, 6.45) is 1.22. The standard InChI is InChI=1S/C50H49Cl5N8O8/c1-6-70-43-22-30(18-20-51)8-15-41(43)58-47(66)36-25-33(10-13-38(36)54)60-62-45(28(4)64)49(68)56-32-12-17-40(35(24-32)27(3)53)57-50(69)46(29(5)65)63-61-34-11-14-39(55)37(26-34)48(67)59-42-16-9-31(19-21-52)23-44(42)71-7-2/h8-17,22-27,45-46H,6-7,18-21H2,1-5H3,(H,56,68)(H,57,69)(H,58,66)(H,59,67). The topological polar surface area (TPSA) is 218 Å². The minimum atomic E-state index is -1.62. The minimum absolute atomic E-state index is 0.0423. The Kier molecular flexibility index (Phi) is 20.9. The lowest BCUT2D eigenvalue weighted by atomic mass is 10.1. The maximum Gasteiger partial charge on any atom is 0.258 e. The van der Waals surface area contributed by atoms with Crippen LogP contribution in [0.15, 0.2) is 111 Å². The largest absolute Gasteiger partial charge is 0.492 e. The number of anilines is 4. The molecule has 372 valence electrons. The zero-order chi connectivity index (χ0) is 51.8. The summed E-state index contributed by atoms with van der Waals surface area (Å²) in [7, 11) is 0. The first-order chi connectivity index (χ1) is 34.0. The Labute approximate surface area is 435 Å². The fraction of sp³-hybridized carbons (Fsp3) is 0.280. The van der Waals surface area contributed by atoms with Gasteiger partial charge in [-0.05, 0) is 143 Å². The molecule has 0 radical (unpaired) electrons. The molecule has 0 spiro atoms. The summed E-state index contributed by atoms with van der Waals surface area (Å²) in [5.41, 5.74) is 3.71. The molecule has 5 aromatic rings. The van der Waals surface area contributed by atoms with Crippen LogP contribution in [-0.2, 0) is 32.0 Å². The number of aryl methyl sites for hydroxylation is 2. The van der Waals surface area contributed by atoms with Crippen LogP contribution in [-0.4, -0.2) is 72.3 Å². The lowest BCUT2D eigenvalue weighted by molar-refractivity contribution is -0.127. The maximum absolute atomic E-state index is 13.6. The predicted molar refractivity (Wildman–Crippen MR) is 279 cm³/mol. The summed E-state index contributed by atoms with van der Waals surface area (Å²) < 4.78 is 11.5. The first-order valence-electron chi connectivity index (χ1n) is 22.0. The van der Waals surface area contributed by atoms with E-state index in [1.807, 2.05) is 26.0 Å². The van der Waals surface area contributed by atoms with E-state index in [1.54, 1.807) is 31.2 Å². The van der Waals surface area contributed by atoms with Crippen molar-refractivity contribution in [1.29, 1.82) is 0 Å². The first-order valence-corrected chi connectivity index (χ1v) is 24.3. The van der Waals surface area contributed by atoms with Crippen molar-refractivity contribution in [3.8, 4) is 11.5 Å². The van der Waals surface area contributed by atoms with Gasteiger partial charge in [-0.15, -0.1) is 34.8 Å². The van der Waals surface area contributed by atoms with Crippen molar-refractivity contribution in [3.05, 3.63) is 129 Å². The number of hydrogen-bond acceptors (Lipinski definition) is 12. The summed E-state index contributed by atoms with van der Waals surface area (Å²) >= 11 is 31.1. The summed E-state index contributed by atoms with van der Waals surface area (Å²) in [6, 6.07) is 20.2. The highest BCUT2D eigenvalue weighted by Crippen LogP contribution is 2.33. The first kappa shape index (κ1) is 55.5. The van der Waals surface area contributed by atoms with Crippen LogP contribution in [0.4, 0.5) is 34.1 Å². The molecule has 21 heteroatoms. The van der Waals surface area contributed by atoms with E-state index in [0.29, 0.717) is 66.3 Å². The molecule has 0 aliphatic carbocycles. The summed E-state index contributed by atoms with van der Waals surface area (Å²) in [5, 5.41) is 26.5. The van der Waals surface area contributed by atoms with Gasteiger partial charge in [-0.3, -0.25) is 28.8 Å². The second-order valence-corrected chi connectivity index (χ2v) is 17.7. The number of halogens is 5. The fourth-order valence-corrected chi connectivity index (χ4v) is 7.70. The number of ether oxygens (including phenoxy) is 2. The summed E-state index contributed by atoms with van der Waals surface area (Å²) in [6.45, 7) is 8.29. The number of ketones is 2. The highest BCUT2D eigenvalue weighted by Gasteiger charge is 2.27. The van der Waals surface area contributed by atoms with Crippen molar-refractivity contribution in [3.63, 3.8) is 0 Å². The highest BCUT2D eigenvalue weighted by molar-refractivity contribution is 6.35. The van der Waals surface area contributed by atoms with Crippen molar-refractivity contribution < 1.29 is 38.2 Å². The van der Waals surface area contributed by atoms with E-state index in [4.69, 9.17) is 67.5 Å². The SMILES string of the molecule is CCOc1cc(CCCl)ccc1NC(=O)c1cc(N=NC(C(C)=O)C(=O)Nc2ccc(NC(=O)C(N=Nc3ccc(Cl)c(C(=O)Nc4ccc(CCCl)cc4OCC)c3)C(C)=O)c(C(C)Cl)c2)ccc1Cl. The van der Waals surface area contributed by atoms with E-state index in [0.717, 1.165) is 18.1 Å². The van der Waals surface area contributed by atoms with Gasteiger partial charge in [-0.1, -0.05) is 35.3 Å². The number of carbonyl (C=O) groups excluding carboxylic acids is 6. The van der Waals surface area contributed by atoms with E-state index in [2.05, 4.69) is 41.7 Å². The third kappa shape index (κ3) is 15.5. The van der Waals surface area contributed by atoms with Gasteiger partial charge in [0.2, 0.25) is 12.1 Å². The van der Waals surface area contributed by atoms with E-state index in [1.165, 1.54) is 61.5 Å². The average molecular weight is 1070 g/mol. The van der Waals surface area contributed by atoms with Crippen molar-refractivity contribution in [2.75, 3.05) is 46.2 Å². The monoisotopic (exact) mass is 1060 g/mol. The van der Waals surface area contributed by atoms with E-state index < -0.39 is 52.7 Å². The lowest BCUT2D eigenvalue weighted by Crippen LogP contribution is -2.32. The fourth-order valence-electron chi connectivity index (χ4n) is 6.68. The summed E-state index contributed by atoms with van der Waals surface area (Å²) in [4.78, 5) is 79.3. The molecule has 0 saturated carbocycles. The van der Waals surface area contributed by atoms with Crippen LogP contribution in [0.2, 0.25) is 10.0 Å². The molecule has 16 nitrogen and oxygen atoms in total. The van der Waals surface area contributed by atoms with Crippen molar-refractivity contribution in [2.45, 2.75) is 64.9 Å². The normalized spacial score (nSPS) is 12.5. The molecule has 3 unspecified atom stereocenters. The molecule has 5 aromatic carbocycles. The van der Waals surface area contributed by atoms with Gasteiger partial charge in [-0.2, -0.15) is 20.5 Å². The van der Waals surface area contributed by atoms with E-state index in [-0.39, 0.29) is 43.9 Å². The zero-order valence-corrected chi connectivity index (χ0v) is 42.9. The Morgan fingerprint density at radius 3 is 1.41 bits per heavy atom. The second-order valence-electron chi connectivity index (χ2n) is 15.5. The number of nitrogens with zero attached hydrogens (tertiary/aromatic N) is 4. The van der Waals surface area contributed by atoms with Gasteiger partial charge in [0.1, 0.15) is 11.5 Å². The van der Waals surface area contributed by atoms with Crippen LogP contribution in [0, 0.1) is 0 Å². The van der Waals surface area contributed by atoms with Crippen molar-refractivity contribution in [1.82, 2.24) is 0 Å². The van der Waals surface area contributed by atoms with Gasteiger partial charge in [0, 0.05) is 23.1 Å². The molecular weight excluding hydrogens is 1020 g/mol. The summed E-state index contributed by atoms with van der Waals surface area (Å²) in [5.74, 6) is -2.40. The number of azo groups is 2. The number of alkyl halides is 3. The second kappa shape index (κ2) is 26.7. The molecule has 0 aromatic heterocycles. The Morgan fingerprint density at radius 2 is 1.00 bits per heavy atom. The molecule has 0 aliphatic rings. The van der Waals surface area contributed by atoms with Crippen LogP contribution >= 0.6 is 58.0 Å². The Morgan fingerprint density at radius 1 is 0.563 bits per heavy atom. The number of rotatable bonds is 23. The van der Waals surface area contributed by atoms with Crippen LogP contribution in [0.25, 0.3) is 0 Å². The molecule has 71 heavy (non-hydrogen) atoms.